The number of hydrogen-bond acceptors (Lipinski definition) is 12. The molecule has 4 spiro atoms. The summed E-state index contributed by atoms with van der Waals surface area (Å²) >= 11 is 0. The van der Waals surface area contributed by atoms with Crippen LogP contribution in [0.3, 0.4) is 0 Å². The van der Waals surface area contributed by atoms with Gasteiger partial charge in [-0.1, -0.05) is 68.5 Å². The molecule has 5 saturated carbocycles. The van der Waals surface area contributed by atoms with Crippen LogP contribution >= 0.6 is 21.6 Å². The molecule has 8 bridgehead atoms. The van der Waals surface area contributed by atoms with Gasteiger partial charge in [0.1, 0.15) is 17.3 Å². The Bertz CT molecular complexity index is 2070. The number of aromatic hydroxyl groups is 1. The molecule has 354 valence electrons. The zero-order chi connectivity index (χ0) is 45.6. The smallest absolute Gasteiger partial charge is 0.234 e. The maximum absolute atomic E-state index is 15.7. The number of epoxide rings is 1. The molecule has 13 heteroatoms. The minimum absolute atomic E-state index is 0.00209. The van der Waals surface area contributed by atoms with E-state index >= 15 is 9.59 Å². The zero-order valence-electron chi connectivity index (χ0n) is 38.5. The van der Waals surface area contributed by atoms with Crippen molar-refractivity contribution in [2.45, 2.75) is 172 Å². The summed E-state index contributed by atoms with van der Waals surface area (Å²) in [7, 11) is 2.70. The predicted molar refractivity (Wildman–Crippen MR) is 247 cm³/mol. The first-order valence-corrected chi connectivity index (χ1v) is 27.1. The molecular weight excluding hydrogens is 851 g/mol. The largest absolute Gasteiger partial charge is 0.508 e. The summed E-state index contributed by atoms with van der Waals surface area (Å²) in [4.78, 5) is 33.0. The molecule has 16 unspecified atom stereocenters. The Balaban J connectivity index is 1.14. The van der Waals surface area contributed by atoms with Crippen LogP contribution in [-0.2, 0) is 20.7 Å². The Morgan fingerprint density at radius 1 is 0.938 bits per heavy atom. The van der Waals surface area contributed by atoms with Gasteiger partial charge in [0.25, 0.3) is 0 Å². The van der Waals surface area contributed by atoms with Crippen LogP contribution in [-0.4, -0.2) is 107 Å². The number of ether oxygens (including phenoxy) is 1. The van der Waals surface area contributed by atoms with Gasteiger partial charge in [0.15, 0.2) is 5.78 Å². The fourth-order valence-corrected chi connectivity index (χ4v) is 20.2. The van der Waals surface area contributed by atoms with Gasteiger partial charge in [-0.25, -0.2) is 0 Å². The quantitative estimate of drug-likeness (QED) is 0.122. The summed E-state index contributed by atoms with van der Waals surface area (Å²) in [5.41, 5.74) is -6.71. The maximum Gasteiger partial charge on any atom is 0.234 e. The molecule has 11 nitrogen and oxygen atoms in total. The van der Waals surface area contributed by atoms with E-state index in [9.17, 15) is 35.7 Å². The van der Waals surface area contributed by atoms with Crippen LogP contribution in [0, 0.1) is 62.6 Å². The van der Waals surface area contributed by atoms with Crippen molar-refractivity contribution in [2.24, 2.45) is 62.6 Å². The highest BCUT2D eigenvalue weighted by Gasteiger charge is 2.76. The number of aliphatic hydroxyl groups is 6. The molecular formula is C51H73NO10S2. The Morgan fingerprint density at radius 2 is 1.67 bits per heavy atom. The van der Waals surface area contributed by atoms with Crippen LogP contribution in [0.2, 0.25) is 0 Å². The fraction of sp³-hybridized carbons (Fsp3) is 0.804. The molecule has 0 radical (unpaired) electrons. The average Bonchev–Trinajstić information content (AvgIpc) is 3.72. The predicted octanol–water partition coefficient (Wildman–Crippen LogP) is 6.71. The second-order valence-corrected chi connectivity index (χ2v) is 25.8. The topological polar surface area (TPSA) is 192 Å². The third-order valence-electron chi connectivity index (χ3n) is 20.6. The molecule has 2 saturated heterocycles. The van der Waals surface area contributed by atoms with Crippen molar-refractivity contribution in [3.63, 3.8) is 0 Å². The number of nitrogens with zero attached hydrogens (tertiary/aromatic N) is 1. The van der Waals surface area contributed by atoms with Crippen LogP contribution in [0.4, 0.5) is 5.69 Å². The van der Waals surface area contributed by atoms with Gasteiger partial charge in [0.2, 0.25) is 5.91 Å². The van der Waals surface area contributed by atoms with Crippen molar-refractivity contribution < 1.29 is 50.1 Å². The molecule has 11 aliphatic rings. The zero-order valence-corrected chi connectivity index (χ0v) is 40.1. The second kappa shape index (κ2) is 15.7. The first kappa shape index (κ1) is 46.1. The Hall–Kier alpha value is -1.68. The maximum atomic E-state index is 15.7. The molecule has 64 heavy (non-hydrogen) atoms. The number of amides is 1. The van der Waals surface area contributed by atoms with E-state index in [-0.39, 0.29) is 66.2 Å². The standard InChI is InChI=1S/C51H73NO10S2/c1-28(2)29(3)41-42(62-41)46(5,60)39-13-18-50(61)36-22-40(57)49-24-38(56)37(55)23-45(49,4)35(36)12-17-48(39,50)16-11-30-19-33(21-34(54)20-30)52-27-47(14-6-7-15-47)51(43(52)58)31(25-53)9-8-10-32(51)26-63-64-44(49)59/h19-22,28-29,31-32,35,37-39,41-42,44,53-56,59-61H,6-18,23-27H2,1-5H3. The van der Waals surface area contributed by atoms with E-state index < -0.39 is 68.4 Å². The highest BCUT2D eigenvalue weighted by atomic mass is 33.1. The number of carbonyl (C=O) groups excluding carboxylic acids is 2. The van der Waals surface area contributed by atoms with Gasteiger partial charge in [-0.3, -0.25) is 9.59 Å². The molecule has 0 aromatic heterocycles. The molecule has 12 rings (SSSR count). The number of hydrogen-bond donors (Lipinski definition) is 7. The van der Waals surface area contributed by atoms with Crippen molar-refractivity contribution in [2.75, 3.05) is 23.8 Å². The van der Waals surface area contributed by atoms with E-state index in [1.807, 2.05) is 24.8 Å². The highest BCUT2D eigenvalue weighted by molar-refractivity contribution is 8.76. The van der Waals surface area contributed by atoms with Crippen LogP contribution in [0.1, 0.15) is 130 Å². The van der Waals surface area contributed by atoms with Gasteiger partial charge in [-0.05, 0) is 154 Å². The first-order valence-electron chi connectivity index (χ1n) is 24.7. The van der Waals surface area contributed by atoms with Gasteiger partial charge in [0, 0.05) is 41.5 Å². The van der Waals surface area contributed by atoms with E-state index in [0.717, 1.165) is 50.5 Å². The lowest BCUT2D eigenvalue weighted by molar-refractivity contribution is -0.198. The lowest BCUT2D eigenvalue weighted by Crippen LogP contribution is -2.68. The number of anilines is 1. The number of aryl methyl sites for hydroxylation is 1. The number of phenolic OH excluding ortho intramolecular Hbond substituents is 1. The normalized spacial score (nSPS) is 46.5. The molecule has 1 amide bonds. The summed E-state index contributed by atoms with van der Waals surface area (Å²) in [6.45, 7) is 10.7. The number of phenols is 1. The Kier molecular flexibility index (Phi) is 11.3. The number of aliphatic hydroxyl groups excluding tert-OH is 4. The van der Waals surface area contributed by atoms with E-state index in [0.29, 0.717) is 68.0 Å². The number of fused-ring (bicyclic) bond motifs is 2. The fourth-order valence-electron chi connectivity index (χ4n) is 17.1. The minimum Gasteiger partial charge on any atom is -0.508 e. The van der Waals surface area contributed by atoms with E-state index in [1.165, 1.54) is 21.6 Å². The second-order valence-electron chi connectivity index (χ2n) is 23.3. The molecule has 7 fully saturated rings. The number of allylic oxidation sites excluding steroid dienone is 1. The van der Waals surface area contributed by atoms with E-state index in [2.05, 4.69) is 20.8 Å². The van der Waals surface area contributed by atoms with Gasteiger partial charge < -0.3 is 45.4 Å². The first-order chi connectivity index (χ1) is 30.3. The van der Waals surface area contributed by atoms with Crippen molar-refractivity contribution in [3.8, 4) is 5.75 Å². The summed E-state index contributed by atoms with van der Waals surface area (Å²) < 4.78 is 6.37. The SMILES string of the molecule is CC(C)C(C)C1OC1C(C)(O)C1CCC2(O)C3=CC(=O)C45CC(O)C(O)CC4(C)C3CCC12CCc1cc(O)cc(c1)N1CC2(CCCC2)C2(C1=O)C(CO)CCCC2CSSC5O. The van der Waals surface area contributed by atoms with Gasteiger partial charge in [-0.15, -0.1) is 0 Å². The lowest BCUT2D eigenvalue weighted by Gasteiger charge is -2.65. The average molecular weight is 924 g/mol. The molecule has 16 atom stereocenters. The Morgan fingerprint density at radius 3 is 2.39 bits per heavy atom. The lowest BCUT2D eigenvalue weighted by atomic mass is 9.40. The van der Waals surface area contributed by atoms with Crippen molar-refractivity contribution >= 4 is 39.0 Å². The van der Waals surface area contributed by atoms with Crippen LogP contribution in [0.15, 0.2) is 29.8 Å². The molecule has 1 aromatic rings. The van der Waals surface area contributed by atoms with Crippen molar-refractivity contribution in [3.05, 3.63) is 35.4 Å². The van der Waals surface area contributed by atoms with E-state index in [4.69, 9.17) is 4.74 Å². The summed E-state index contributed by atoms with van der Waals surface area (Å²) in [6.07, 6.45) is 7.47. The monoisotopic (exact) mass is 923 g/mol. The van der Waals surface area contributed by atoms with Gasteiger partial charge >= 0.3 is 0 Å². The Labute approximate surface area is 387 Å². The summed E-state index contributed by atoms with van der Waals surface area (Å²) in [6, 6.07) is 5.48. The van der Waals surface area contributed by atoms with Crippen molar-refractivity contribution in [1.82, 2.24) is 0 Å². The summed E-state index contributed by atoms with van der Waals surface area (Å²) in [5.74, 6) is -0.394. The van der Waals surface area contributed by atoms with Crippen molar-refractivity contribution in [1.29, 1.82) is 0 Å². The third kappa shape index (κ3) is 6.05. The van der Waals surface area contributed by atoms with Gasteiger partial charge in [0.05, 0.1) is 40.3 Å². The van der Waals surface area contributed by atoms with Crippen LogP contribution in [0.5, 0.6) is 5.75 Å². The summed E-state index contributed by atoms with van der Waals surface area (Å²) in [5, 5.41) is 85.0. The molecule has 6 aliphatic carbocycles. The molecule has 7 N–H and O–H groups in total. The highest BCUT2D eigenvalue weighted by Crippen LogP contribution is 2.74. The molecule has 5 heterocycles. The van der Waals surface area contributed by atoms with Gasteiger partial charge in [-0.2, -0.15) is 0 Å². The molecule has 5 aliphatic heterocycles. The number of carbonyl (C=O) groups is 2. The number of ketones is 1. The third-order valence-corrected chi connectivity index (χ3v) is 23.2. The van der Waals surface area contributed by atoms with Crippen LogP contribution < -0.4 is 4.90 Å². The minimum atomic E-state index is -1.53. The molecule has 1 aromatic carbocycles. The number of rotatable bonds is 5. The van der Waals surface area contributed by atoms with Crippen LogP contribution in [0.25, 0.3) is 0 Å². The number of benzene rings is 1. The van der Waals surface area contributed by atoms with E-state index in [1.54, 1.807) is 18.2 Å².